The first kappa shape index (κ1) is 11.7. The maximum absolute atomic E-state index is 11.8. The molecule has 1 aliphatic carbocycles. The Bertz CT molecular complexity index is 527. The van der Waals surface area contributed by atoms with E-state index in [-0.39, 0.29) is 17.1 Å². The topological polar surface area (TPSA) is 37.4 Å². The molecule has 1 unspecified atom stereocenters. The van der Waals surface area contributed by atoms with E-state index < -0.39 is 0 Å². The van der Waals surface area contributed by atoms with E-state index in [9.17, 15) is 9.59 Å². The molecule has 1 aromatic rings. The largest absolute Gasteiger partial charge is 0.311 e. The minimum absolute atomic E-state index is 0.0667. The van der Waals surface area contributed by atoms with Crippen LogP contribution in [0.4, 0.5) is 5.69 Å². The summed E-state index contributed by atoms with van der Waals surface area (Å²) in [5.74, 6) is 0.280. The van der Waals surface area contributed by atoms with Crippen molar-refractivity contribution in [1.82, 2.24) is 0 Å². The van der Waals surface area contributed by atoms with Crippen LogP contribution in [0.1, 0.15) is 35.2 Å². The average Bonchev–Trinajstić information content (AvgIpc) is 2.68. The van der Waals surface area contributed by atoms with Gasteiger partial charge >= 0.3 is 0 Å². The second-order valence-electron chi connectivity index (χ2n) is 4.92. The number of hydrogen-bond donors (Lipinski definition) is 0. The van der Waals surface area contributed by atoms with E-state index in [1.165, 1.54) is 0 Å². The first-order chi connectivity index (χ1) is 8.65. The number of Topliss-reactive ketones (excluding diaryl/α,β-unsaturated/α-hetero) is 1. The van der Waals surface area contributed by atoms with Crippen molar-refractivity contribution in [2.75, 3.05) is 11.4 Å². The molecule has 18 heavy (non-hydrogen) atoms. The maximum atomic E-state index is 11.8. The SMILES string of the molecule is O=C1CCCc2cc(N3CC(Cl)CC3=O)ccc21. The van der Waals surface area contributed by atoms with Crippen LogP contribution in [0.2, 0.25) is 0 Å². The molecule has 0 N–H and O–H groups in total. The second kappa shape index (κ2) is 4.39. The van der Waals surface area contributed by atoms with Crippen LogP contribution in [0.25, 0.3) is 0 Å². The monoisotopic (exact) mass is 263 g/mol. The molecule has 0 bridgehead atoms. The number of amides is 1. The Kier molecular flexibility index (Phi) is 2.86. The zero-order chi connectivity index (χ0) is 12.7. The van der Waals surface area contributed by atoms with E-state index in [2.05, 4.69) is 0 Å². The van der Waals surface area contributed by atoms with Crippen molar-refractivity contribution < 1.29 is 9.59 Å². The molecule has 1 atom stereocenters. The van der Waals surface area contributed by atoms with Crippen molar-refractivity contribution in [1.29, 1.82) is 0 Å². The highest BCUT2D eigenvalue weighted by atomic mass is 35.5. The van der Waals surface area contributed by atoms with E-state index in [1.54, 1.807) is 4.90 Å². The smallest absolute Gasteiger partial charge is 0.228 e. The maximum Gasteiger partial charge on any atom is 0.228 e. The number of ketones is 1. The predicted molar refractivity (Wildman–Crippen MR) is 70.3 cm³/mol. The van der Waals surface area contributed by atoms with Gasteiger partial charge in [-0.2, -0.15) is 0 Å². The highest BCUT2D eigenvalue weighted by Crippen LogP contribution is 2.29. The predicted octanol–water partition coefficient (Wildman–Crippen LogP) is 2.55. The van der Waals surface area contributed by atoms with Gasteiger partial charge in [0, 0.05) is 30.6 Å². The fourth-order valence-electron chi connectivity index (χ4n) is 2.71. The first-order valence-electron chi connectivity index (χ1n) is 6.26. The molecule has 1 heterocycles. The first-order valence-corrected chi connectivity index (χ1v) is 6.69. The molecule has 3 nitrogen and oxygen atoms in total. The molecule has 1 saturated heterocycles. The molecule has 94 valence electrons. The van der Waals surface area contributed by atoms with Gasteiger partial charge in [-0.05, 0) is 36.6 Å². The standard InChI is InChI=1S/C14H14ClNO2/c15-10-7-14(18)16(8-10)11-4-5-12-9(6-11)2-1-3-13(12)17/h4-6,10H,1-3,7-8H2. The van der Waals surface area contributed by atoms with E-state index >= 15 is 0 Å². The minimum atomic E-state index is -0.102. The highest BCUT2D eigenvalue weighted by Gasteiger charge is 2.29. The van der Waals surface area contributed by atoms with E-state index in [0.29, 0.717) is 19.4 Å². The lowest BCUT2D eigenvalue weighted by Crippen LogP contribution is -2.25. The number of hydrogen-bond acceptors (Lipinski definition) is 2. The molecule has 1 amide bonds. The summed E-state index contributed by atoms with van der Waals surface area (Å²) in [7, 11) is 0. The minimum Gasteiger partial charge on any atom is -0.311 e. The van der Waals surface area contributed by atoms with E-state index in [4.69, 9.17) is 11.6 Å². The van der Waals surface area contributed by atoms with Crippen molar-refractivity contribution in [3.05, 3.63) is 29.3 Å². The van der Waals surface area contributed by atoms with Crippen molar-refractivity contribution >= 4 is 29.0 Å². The van der Waals surface area contributed by atoms with Gasteiger partial charge in [0.25, 0.3) is 0 Å². The molecule has 0 saturated carbocycles. The summed E-state index contributed by atoms with van der Waals surface area (Å²) in [6, 6.07) is 5.68. The number of halogens is 1. The Morgan fingerprint density at radius 2 is 2.06 bits per heavy atom. The van der Waals surface area contributed by atoms with Crippen LogP contribution in [-0.4, -0.2) is 23.6 Å². The van der Waals surface area contributed by atoms with Crippen molar-refractivity contribution in [2.24, 2.45) is 0 Å². The van der Waals surface area contributed by atoms with E-state index in [0.717, 1.165) is 29.7 Å². The summed E-state index contributed by atoms with van der Waals surface area (Å²) in [5.41, 5.74) is 2.75. The molecule has 4 heteroatoms. The lowest BCUT2D eigenvalue weighted by Gasteiger charge is -2.20. The van der Waals surface area contributed by atoms with Crippen LogP contribution < -0.4 is 4.90 Å². The molecule has 0 spiro atoms. The Labute approximate surface area is 111 Å². The van der Waals surface area contributed by atoms with Crippen molar-refractivity contribution in [2.45, 2.75) is 31.1 Å². The molecule has 1 aliphatic heterocycles. The van der Waals surface area contributed by atoms with Gasteiger partial charge in [-0.1, -0.05) is 0 Å². The van der Waals surface area contributed by atoms with Crippen LogP contribution in [0.5, 0.6) is 0 Å². The number of rotatable bonds is 1. The lowest BCUT2D eigenvalue weighted by atomic mass is 9.90. The zero-order valence-corrected chi connectivity index (χ0v) is 10.7. The summed E-state index contributed by atoms with van der Waals surface area (Å²) in [6.07, 6.45) is 2.86. The third-order valence-electron chi connectivity index (χ3n) is 3.63. The summed E-state index contributed by atoms with van der Waals surface area (Å²) < 4.78 is 0. The Hall–Kier alpha value is -1.35. The molecular weight excluding hydrogens is 250 g/mol. The van der Waals surface area contributed by atoms with E-state index in [1.807, 2.05) is 18.2 Å². The third-order valence-corrected chi connectivity index (χ3v) is 3.92. The van der Waals surface area contributed by atoms with Gasteiger partial charge in [-0.25, -0.2) is 0 Å². The highest BCUT2D eigenvalue weighted by molar-refractivity contribution is 6.24. The molecule has 1 fully saturated rings. The quantitative estimate of drug-likeness (QED) is 0.730. The summed E-state index contributed by atoms with van der Waals surface area (Å²) in [5, 5.41) is -0.102. The Balaban J connectivity index is 1.95. The Morgan fingerprint density at radius 3 is 2.78 bits per heavy atom. The Morgan fingerprint density at radius 1 is 1.22 bits per heavy atom. The summed E-state index contributed by atoms with van der Waals surface area (Å²) in [4.78, 5) is 25.2. The fourth-order valence-corrected chi connectivity index (χ4v) is 2.98. The number of fused-ring (bicyclic) bond motifs is 1. The van der Waals surface area contributed by atoms with Crippen molar-refractivity contribution in [3.8, 4) is 0 Å². The number of aryl methyl sites for hydroxylation is 1. The van der Waals surface area contributed by atoms with Crippen molar-refractivity contribution in [3.63, 3.8) is 0 Å². The molecule has 0 aromatic heterocycles. The second-order valence-corrected chi connectivity index (χ2v) is 5.54. The van der Waals surface area contributed by atoms with Crippen LogP contribution in [0.15, 0.2) is 18.2 Å². The lowest BCUT2D eigenvalue weighted by molar-refractivity contribution is -0.117. The molecular formula is C14H14ClNO2. The normalized spacial score (nSPS) is 23.4. The van der Waals surface area contributed by atoms with Crippen LogP contribution in [0, 0.1) is 0 Å². The van der Waals surface area contributed by atoms with Gasteiger partial charge in [-0.15, -0.1) is 11.6 Å². The van der Waals surface area contributed by atoms with Gasteiger partial charge in [0.2, 0.25) is 5.91 Å². The average molecular weight is 264 g/mol. The zero-order valence-electron chi connectivity index (χ0n) is 9.99. The van der Waals surface area contributed by atoms with Crippen LogP contribution in [-0.2, 0) is 11.2 Å². The molecule has 2 aliphatic rings. The molecule has 1 aromatic carbocycles. The molecule has 3 rings (SSSR count). The van der Waals surface area contributed by atoms with Gasteiger partial charge in [0.1, 0.15) is 0 Å². The van der Waals surface area contributed by atoms with Gasteiger partial charge < -0.3 is 4.90 Å². The van der Waals surface area contributed by atoms with Gasteiger partial charge in [0.15, 0.2) is 5.78 Å². The van der Waals surface area contributed by atoms with Gasteiger partial charge in [-0.3, -0.25) is 9.59 Å². The summed E-state index contributed by atoms with van der Waals surface area (Å²) >= 11 is 6.00. The van der Waals surface area contributed by atoms with Gasteiger partial charge in [0.05, 0.1) is 5.38 Å². The van der Waals surface area contributed by atoms with Crippen LogP contribution in [0.3, 0.4) is 0 Å². The number of anilines is 1. The number of carbonyl (C=O) groups is 2. The number of nitrogens with zero attached hydrogens (tertiary/aromatic N) is 1. The third kappa shape index (κ3) is 1.93. The van der Waals surface area contributed by atoms with Crippen LogP contribution >= 0.6 is 11.6 Å². The number of carbonyl (C=O) groups excluding carboxylic acids is 2. The number of benzene rings is 1. The number of alkyl halides is 1. The summed E-state index contributed by atoms with van der Waals surface area (Å²) in [6.45, 7) is 0.563. The fraction of sp³-hybridized carbons (Fsp3) is 0.429. The molecule has 0 radical (unpaired) electrons.